The third-order valence-electron chi connectivity index (χ3n) is 2.79. The van der Waals surface area contributed by atoms with Gasteiger partial charge in [0.25, 0.3) is 0 Å². The lowest BCUT2D eigenvalue weighted by Crippen LogP contribution is -1.93. The molecule has 0 amide bonds. The average molecular weight is 290 g/mol. The number of carbonyl (C=O) groups is 1. The molecule has 0 aliphatic heterocycles. The van der Waals surface area contributed by atoms with E-state index in [1.807, 2.05) is 0 Å². The molecule has 0 heterocycles. The number of hydrogen-bond acceptors (Lipinski definition) is 2. The van der Waals surface area contributed by atoms with Gasteiger partial charge in [0.2, 0.25) is 5.82 Å². The molecule has 0 fully saturated rings. The number of halogens is 2. The number of rotatable bonds is 4. The Labute approximate surface area is 120 Å². The van der Waals surface area contributed by atoms with Crippen LogP contribution in [0.4, 0.5) is 8.78 Å². The van der Waals surface area contributed by atoms with E-state index in [0.29, 0.717) is 11.3 Å². The van der Waals surface area contributed by atoms with Crippen LogP contribution in [-0.4, -0.2) is 11.1 Å². The van der Waals surface area contributed by atoms with Crippen LogP contribution in [0.3, 0.4) is 0 Å². The Bertz CT molecular complexity index is 709. The summed E-state index contributed by atoms with van der Waals surface area (Å²) in [5, 5.41) is 8.58. The summed E-state index contributed by atoms with van der Waals surface area (Å²) in [5.41, 5.74) is 1.45. The van der Waals surface area contributed by atoms with E-state index in [-0.39, 0.29) is 5.75 Å². The molecule has 2 aromatic carbocycles. The zero-order valence-electron chi connectivity index (χ0n) is 11.1. The van der Waals surface area contributed by atoms with Crippen LogP contribution in [-0.2, 0) is 4.79 Å². The molecule has 21 heavy (non-hydrogen) atoms. The van der Waals surface area contributed by atoms with E-state index in [4.69, 9.17) is 9.84 Å². The second-order valence-corrected chi connectivity index (χ2v) is 4.34. The Hall–Kier alpha value is -2.69. The van der Waals surface area contributed by atoms with Crippen LogP contribution < -0.4 is 4.74 Å². The molecule has 1 N–H and O–H groups in total. The summed E-state index contributed by atoms with van der Waals surface area (Å²) in [6.07, 6.45) is 2.47. The van der Waals surface area contributed by atoms with Gasteiger partial charge in [-0.15, -0.1) is 0 Å². The van der Waals surface area contributed by atoms with Gasteiger partial charge in [0, 0.05) is 6.08 Å². The van der Waals surface area contributed by atoms with E-state index >= 15 is 0 Å². The van der Waals surface area contributed by atoms with Gasteiger partial charge in [-0.25, -0.2) is 9.18 Å². The fourth-order valence-corrected chi connectivity index (χ4v) is 1.75. The van der Waals surface area contributed by atoms with E-state index in [9.17, 15) is 13.6 Å². The first kappa shape index (κ1) is 14.7. The van der Waals surface area contributed by atoms with Crippen LogP contribution in [0.2, 0.25) is 0 Å². The van der Waals surface area contributed by atoms with Crippen LogP contribution in [0.1, 0.15) is 11.1 Å². The van der Waals surface area contributed by atoms with Gasteiger partial charge in [0.1, 0.15) is 5.75 Å². The Morgan fingerprint density at radius 1 is 1.24 bits per heavy atom. The summed E-state index contributed by atoms with van der Waals surface area (Å²) < 4.78 is 31.9. The van der Waals surface area contributed by atoms with Gasteiger partial charge >= 0.3 is 5.97 Å². The maximum Gasteiger partial charge on any atom is 0.328 e. The van der Waals surface area contributed by atoms with Crippen molar-refractivity contribution in [2.24, 2.45) is 0 Å². The lowest BCUT2D eigenvalue weighted by Gasteiger charge is -2.09. The smallest absolute Gasteiger partial charge is 0.328 e. The highest BCUT2D eigenvalue weighted by Crippen LogP contribution is 2.27. The molecular formula is C16H12F2O3. The minimum atomic E-state index is -1.05. The second kappa shape index (κ2) is 6.17. The molecule has 0 aliphatic carbocycles. The first-order chi connectivity index (χ1) is 9.97. The van der Waals surface area contributed by atoms with Gasteiger partial charge in [-0.2, -0.15) is 4.39 Å². The molecule has 0 aromatic heterocycles. The quantitative estimate of drug-likeness (QED) is 0.860. The molecule has 0 spiro atoms. The largest absolute Gasteiger partial charge is 0.478 e. The van der Waals surface area contributed by atoms with Gasteiger partial charge in [-0.1, -0.05) is 12.1 Å². The van der Waals surface area contributed by atoms with Crippen molar-refractivity contribution in [1.82, 2.24) is 0 Å². The molecule has 2 rings (SSSR count). The standard InChI is InChI=1S/C16H12F2O3/c1-10-9-12(7-5-11(10)6-8-15(19)20)21-14-4-2-3-13(17)16(14)18/h2-9H,1H3,(H,19,20). The molecule has 0 atom stereocenters. The van der Waals surface area contributed by atoms with E-state index in [1.165, 1.54) is 18.2 Å². The highest BCUT2D eigenvalue weighted by Gasteiger charge is 2.10. The number of aliphatic carboxylic acids is 1. The van der Waals surface area contributed by atoms with Crippen LogP contribution in [0, 0.1) is 18.6 Å². The lowest BCUT2D eigenvalue weighted by molar-refractivity contribution is -0.131. The summed E-state index contributed by atoms with van der Waals surface area (Å²) in [7, 11) is 0. The molecule has 2 aromatic rings. The van der Waals surface area contributed by atoms with Gasteiger partial charge in [0.15, 0.2) is 11.6 Å². The predicted octanol–water partition coefficient (Wildman–Crippen LogP) is 4.16. The Balaban J connectivity index is 2.24. The molecule has 0 bridgehead atoms. The average Bonchev–Trinajstić information content (AvgIpc) is 2.43. The maximum absolute atomic E-state index is 13.5. The fourth-order valence-electron chi connectivity index (χ4n) is 1.75. The van der Waals surface area contributed by atoms with Crippen molar-refractivity contribution in [3.8, 4) is 11.5 Å². The fraction of sp³-hybridized carbons (Fsp3) is 0.0625. The zero-order valence-corrected chi connectivity index (χ0v) is 11.1. The molecular weight excluding hydrogens is 278 g/mol. The topological polar surface area (TPSA) is 46.5 Å². The minimum Gasteiger partial charge on any atom is -0.478 e. The first-order valence-electron chi connectivity index (χ1n) is 6.11. The van der Waals surface area contributed by atoms with E-state index in [0.717, 1.165) is 17.7 Å². The van der Waals surface area contributed by atoms with Crippen molar-refractivity contribution in [2.45, 2.75) is 6.92 Å². The molecule has 3 nitrogen and oxygen atoms in total. The number of aryl methyl sites for hydroxylation is 1. The number of ether oxygens (including phenoxy) is 1. The van der Waals surface area contributed by atoms with Gasteiger partial charge < -0.3 is 9.84 Å². The Morgan fingerprint density at radius 3 is 2.67 bits per heavy atom. The third-order valence-corrected chi connectivity index (χ3v) is 2.79. The molecule has 108 valence electrons. The molecule has 5 heteroatoms. The zero-order chi connectivity index (χ0) is 15.4. The van der Waals surface area contributed by atoms with E-state index < -0.39 is 17.6 Å². The van der Waals surface area contributed by atoms with Crippen molar-refractivity contribution in [3.05, 3.63) is 65.2 Å². The Kier molecular flexibility index (Phi) is 4.33. The van der Waals surface area contributed by atoms with Gasteiger partial charge in [0.05, 0.1) is 0 Å². The van der Waals surface area contributed by atoms with Crippen molar-refractivity contribution in [1.29, 1.82) is 0 Å². The van der Waals surface area contributed by atoms with Gasteiger partial charge in [-0.05, 0) is 48.4 Å². The minimum absolute atomic E-state index is 0.205. The predicted molar refractivity (Wildman–Crippen MR) is 74.3 cm³/mol. The summed E-state index contributed by atoms with van der Waals surface area (Å²) in [4.78, 5) is 10.5. The van der Waals surface area contributed by atoms with E-state index in [2.05, 4.69) is 0 Å². The molecule has 0 saturated carbocycles. The maximum atomic E-state index is 13.5. The summed E-state index contributed by atoms with van der Waals surface area (Å²) in [5.74, 6) is -2.94. The Morgan fingerprint density at radius 2 is 2.00 bits per heavy atom. The number of benzene rings is 2. The molecule has 0 aliphatic rings. The van der Waals surface area contributed by atoms with Crippen molar-refractivity contribution < 1.29 is 23.4 Å². The van der Waals surface area contributed by atoms with Gasteiger partial charge in [-0.3, -0.25) is 0 Å². The number of carboxylic acids is 1. The van der Waals surface area contributed by atoms with Crippen molar-refractivity contribution in [2.75, 3.05) is 0 Å². The molecule has 0 saturated heterocycles. The summed E-state index contributed by atoms with van der Waals surface area (Å²) >= 11 is 0. The lowest BCUT2D eigenvalue weighted by atomic mass is 10.1. The number of carboxylic acid groups (broad SMARTS) is 1. The molecule has 0 unspecified atom stereocenters. The summed E-state index contributed by atoms with van der Waals surface area (Å²) in [6.45, 7) is 1.76. The van der Waals surface area contributed by atoms with Crippen molar-refractivity contribution >= 4 is 12.0 Å². The third kappa shape index (κ3) is 3.66. The normalized spacial score (nSPS) is 10.8. The molecule has 0 radical (unpaired) electrons. The number of hydrogen-bond donors (Lipinski definition) is 1. The SMILES string of the molecule is Cc1cc(Oc2cccc(F)c2F)ccc1C=CC(=O)O. The van der Waals surface area contributed by atoms with Crippen LogP contribution in [0.15, 0.2) is 42.5 Å². The summed E-state index contributed by atoms with van der Waals surface area (Å²) in [6, 6.07) is 8.50. The van der Waals surface area contributed by atoms with E-state index in [1.54, 1.807) is 25.1 Å². The van der Waals surface area contributed by atoms with Crippen molar-refractivity contribution in [3.63, 3.8) is 0 Å². The monoisotopic (exact) mass is 290 g/mol. The highest BCUT2D eigenvalue weighted by atomic mass is 19.2. The first-order valence-corrected chi connectivity index (χ1v) is 6.11. The highest BCUT2D eigenvalue weighted by molar-refractivity contribution is 5.85. The van der Waals surface area contributed by atoms with Crippen LogP contribution in [0.5, 0.6) is 11.5 Å². The van der Waals surface area contributed by atoms with Crippen LogP contribution >= 0.6 is 0 Å². The second-order valence-electron chi connectivity index (χ2n) is 4.34. The van der Waals surface area contributed by atoms with Crippen LogP contribution in [0.25, 0.3) is 6.08 Å².